The van der Waals surface area contributed by atoms with Gasteiger partial charge in [-0.2, -0.15) is 0 Å². The number of hydrogen-bond acceptors (Lipinski definition) is 25. The number of carbonyl (C=O) groups is 7. The largest absolute Gasteiger partial charge is 0.497 e. The Labute approximate surface area is 712 Å². The number of carbonyl (C=O) groups excluding carboxylic acids is 7. The lowest BCUT2D eigenvalue weighted by atomic mass is 9.74. The van der Waals surface area contributed by atoms with Gasteiger partial charge in [0.05, 0.1) is 28.4 Å². The Kier molecular flexibility index (Phi) is 33.6. The maximum absolute atomic E-state index is 13.8. The summed E-state index contributed by atoms with van der Waals surface area (Å²) < 4.78 is 62.0. The Balaban J connectivity index is 0.000000176. The molecular formula is C91H114Cl2F3N7O18. The van der Waals surface area contributed by atoms with E-state index in [0.29, 0.717) is 155 Å². The third kappa shape index (κ3) is 22.3. The molecule has 0 radical (unpaired) electrons. The van der Waals surface area contributed by atoms with Crippen molar-refractivity contribution >= 4 is 63.7 Å². The van der Waals surface area contributed by atoms with Gasteiger partial charge in [-0.1, -0.05) is 113 Å². The molecule has 14 atom stereocenters. The quantitative estimate of drug-likeness (QED) is 0.0573. The van der Waals surface area contributed by atoms with E-state index in [9.17, 15) is 82.5 Å². The molecule has 0 aromatic heterocycles. The highest BCUT2D eigenvalue weighted by atomic mass is 35.5. The van der Waals surface area contributed by atoms with Crippen LogP contribution in [0.25, 0.3) is 0 Å². The average Bonchev–Trinajstić information content (AvgIpc) is 0.714. The fraction of sp³-hybridized carbons (Fsp3) is 0.462. The van der Waals surface area contributed by atoms with E-state index in [-0.39, 0.29) is 44.8 Å². The van der Waals surface area contributed by atoms with Crippen LogP contribution in [0, 0.1) is 38.2 Å². The van der Waals surface area contributed by atoms with Crippen LogP contribution >= 0.6 is 23.2 Å². The van der Waals surface area contributed by atoms with E-state index < -0.39 is 116 Å². The van der Waals surface area contributed by atoms with Crippen molar-refractivity contribution in [3.63, 3.8) is 0 Å². The molecule has 21 N–H and O–H groups in total. The summed E-state index contributed by atoms with van der Waals surface area (Å²) >= 11 is 11.4. The van der Waals surface area contributed by atoms with E-state index in [1.165, 1.54) is 43.5 Å². The Bertz CT molecular complexity index is 4750. The second-order valence-electron chi connectivity index (χ2n) is 32.3. The van der Waals surface area contributed by atoms with Gasteiger partial charge in [0.1, 0.15) is 110 Å². The van der Waals surface area contributed by atoms with Crippen LogP contribution in [0.1, 0.15) is 190 Å². The molecule has 7 fully saturated rings. The maximum atomic E-state index is 13.8. The zero-order valence-corrected chi connectivity index (χ0v) is 70.7. The van der Waals surface area contributed by atoms with Crippen molar-refractivity contribution in [2.75, 3.05) is 28.4 Å². The molecule has 0 heterocycles. The minimum absolute atomic E-state index is 0.0637. The van der Waals surface area contributed by atoms with Crippen LogP contribution in [0.4, 0.5) is 13.2 Å². The number of aliphatic hydroxyl groups excluding tert-OH is 7. The van der Waals surface area contributed by atoms with Crippen LogP contribution in [0.5, 0.6) is 23.0 Å². The van der Waals surface area contributed by atoms with Crippen LogP contribution in [0.15, 0.2) is 140 Å². The first-order valence-corrected chi connectivity index (χ1v) is 41.1. The smallest absolute Gasteiger partial charge is 0.185 e. The van der Waals surface area contributed by atoms with Crippen LogP contribution in [-0.4, -0.2) is 147 Å². The first-order valence-electron chi connectivity index (χ1n) is 40.3. The van der Waals surface area contributed by atoms with Crippen molar-refractivity contribution in [1.82, 2.24) is 0 Å². The van der Waals surface area contributed by atoms with Crippen molar-refractivity contribution in [3.8, 4) is 23.0 Å². The number of ether oxygens (including phenoxy) is 4. The summed E-state index contributed by atoms with van der Waals surface area (Å²) in [6.07, 6.45) is 4.20. The minimum atomic E-state index is -1.47. The number of Topliss-reactive ketones (excluding diaryl/α,β-unsaturated/α-hetero) is 7. The highest BCUT2D eigenvalue weighted by Gasteiger charge is 2.50. The Hall–Kier alpha value is -8.76. The second-order valence-corrected chi connectivity index (χ2v) is 33.2. The molecule has 7 aromatic rings. The summed E-state index contributed by atoms with van der Waals surface area (Å²) in [7, 11) is 6.16. The average molecular weight is 1720 g/mol. The zero-order chi connectivity index (χ0) is 89.5. The Morgan fingerprint density at radius 1 is 0.298 bits per heavy atom. The van der Waals surface area contributed by atoms with Gasteiger partial charge in [0.2, 0.25) is 0 Å². The number of aryl methyl sites for hydroxylation is 3. The molecule has 0 saturated heterocycles. The lowest BCUT2D eigenvalue weighted by molar-refractivity contribution is -0.136. The molecule has 25 nitrogen and oxygen atoms in total. The highest BCUT2D eigenvalue weighted by Crippen LogP contribution is 2.43. The number of rotatable bonds is 11. The molecule has 7 aliphatic rings. The number of hydrogen-bond donors (Lipinski definition) is 14. The molecule has 121 heavy (non-hydrogen) atoms. The molecule has 12 unspecified atom stereocenters. The molecule has 0 bridgehead atoms. The number of ketones is 7. The van der Waals surface area contributed by atoms with Gasteiger partial charge in [-0.25, -0.2) is 13.2 Å². The molecule has 30 heteroatoms. The van der Waals surface area contributed by atoms with Crippen molar-refractivity contribution < 1.29 is 101 Å². The molecule has 7 aromatic carbocycles. The van der Waals surface area contributed by atoms with Gasteiger partial charge in [0.15, 0.2) is 52.0 Å². The molecule has 14 rings (SSSR count). The monoisotopic (exact) mass is 1720 g/mol. The van der Waals surface area contributed by atoms with E-state index >= 15 is 0 Å². The molecule has 0 spiro atoms. The van der Waals surface area contributed by atoms with Crippen LogP contribution in [0.2, 0.25) is 10.0 Å². The summed E-state index contributed by atoms with van der Waals surface area (Å²) in [6, 6.07) is 38.1. The van der Waals surface area contributed by atoms with Gasteiger partial charge in [0.25, 0.3) is 0 Å². The zero-order valence-electron chi connectivity index (χ0n) is 69.2. The Morgan fingerprint density at radius 2 is 0.612 bits per heavy atom. The van der Waals surface area contributed by atoms with Gasteiger partial charge >= 0.3 is 0 Å². The lowest BCUT2D eigenvalue weighted by Crippen LogP contribution is -2.53. The number of halogens is 5. The van der Waals surface area contributed by atoms with Crippen molar-refractivity contribution in [2.45, 2.75) is 237 Å². The Morgan fingerprint density at radius 3 is 1.00 bits per heavy atom. The standard InChI is InChI=1S/2C14H19NO4.C13H16FNO2.2C13H17NO2.2C12H13ClFNO2/c1-18-11-6-5-9(8-12(11)19-2)14(15)7-3-4-10(16)13(14)17;1-18-10-6-9(7-11(8-10)19-2)14(15)5-3-4-12(16)13(14)17;1-8-4-5-10(14)9(7-8)13(15)6-2-3-11(16)12(13)17;1-9-4-2-5-10(8-9)13(14)7-3-6-11(15)12(13)16;1-9-4-6-10(7-5-9)13(14)8-2-3-11(15)12(13)16;13-7-3-4-9(14)8(6-7)12(15)5-1-2-10(16)11(12)17;13-7-3-4-8(9(14)6-7)12(15)5-1-2-10(16)11(12)17/h5-6,8,10,16H,3-4,7,15H2,1-2H3;6-8,12,16H,3-5,15H2,1-2H3;4-5,7,11,16H,2-3,6,15H2,1H3;2,4-5,8,11,15H,3,6-7,14H2,1H3;4-7,11,15H,2-3,8,14H2,1H3;2*3-4,6,10,16H,1-2,5,15H2/t;;;;11-,13-;;/m....0../s1. The SMILES string of the molecule is COc1cc(OC)cc(C2(N)CCCC(O)C2=O)c1.COc1ccc(C2(N)CCCC(O)C2=O)cc1OC.Cc1ccc(F)c(C2(N)CCCC(O)C2=O)c1.Cc1ccc([C@@]2(N)CCC[C@H](O)C2=O)cc1.Cc1cccc(C2(N)CCCC(O)C2=O)c1.NC1(c2cc(Cl)ccc2F)CCCC(O)C1=O.NC1(c2ccc(Cl)cc2F)CCCC(O)C1=O. The lowest BCUT2D eigenvalue weighted by Gasteiger charge is -2.35. The van der Waals surface area contributed by atoms with E-state index in [0.717, 1.165) is 53.1 Å². The van der Waals surface area contributed by atoms with E-state index in [2.05, 4.69) is 0 Å². The van der Waals surface area contributed by atoms with E-state index in [1.807, 2.05) is 69.3 Å². The van der Waals surface area contributed by atoms with Gasteiger partial charge in [-0.3, -0.25) is 33.6 Å². The fourth-order valence-corrected chi connectivity index (χ4v) is 16.8. The van der Waals surface area contributed by atoms with Crippen LogP contribution in [0.3, 0.4) is 0 Å². The molecular weight excluding hydrogens is 1610 g/mol. The predicted octanol–water partition coefficient (Wildman–Crippen LogP) is 9.37. The second kappa shape index (κ2) is 41.6. The summed E-state index contributed by atoms with van der Waals surface area (Å²) in [4.78, 5) is 84.1. The molecule has 0 amide bonds. The molecule has 656 valence electrons. The topological polar surface area (TPSA) is 480 Å². The van der Waals surface area contributed by atoms with Gasteiger partial charge < -0.3 is 94.8 Å². The molecule has 7 aliphatic carbocycles. The van der Waals surface area contributed by atoms with Crippen molar-refractivity contribution in [1.29, 1.82) is 0 Å². The van der Waals surface area contributed by atoms with Gasteiger partial charge in [0, 0.05) is 32.8 Å². The van der Waals surface area contributed by atoms with E-state index in [4.69, 9.17) is 82.3 Å². The summed E-state index contributed by atoms with van der Waals surface area (Å²) in [5.41, 5.74) is 40.5. The van der Waals surface area contributed by atoms with E-state index in [1.54, 1.807) is 69.9 Å². The maximum Gasteiger partial charge on any atom is 0.185 e. The molecule has 0 aliphatic heterocycles. The summed E-state index contributed by atoms with van der Waals surface area (Å²) in [5.74, 6) is -2.10. The first-order chi connectivity index (χ1) is 57.0. The summed E-state index contributed by atoms with van der Waals surface area (Å²) in [6.45, 7) is 5.77. The number of methoxy groups -OCH3 is 4. The fourth-order valence-electron chi connectivity index (χ4n) is 16.5. The van der Waals surface area contributed by atoms with Gasteiger partial charge in [-0.05, 0) is 239 Å². The van der Waals surface area contributed by atoms with Gasteiger partial charge in [-0.15, -0.1) is 0 Å². The first kappa shape index (κ1) is 97.7. The predicted molar refractivity (Wildman–Crippen MR) is 451 cm³/mol. The molecule has 7 saturated carbocycles. The third-order valence-corrected chi connectivity index (χ3v) is 24.3. The van der Waals surface area contributed by atoms with Crippen molar-refractivity contribution in [2.24, 2.45) is 40.1 Å². The minimum Gasteiger partial charge on any atom is -0.497 e. The van der Waals surface area contributed by atoms with Crippen molar-refractivity contribution in [3.05, 3.63) is 223 Å². The highest BCUT2D eigenvalue weighted by molar-refractivity contribution is 6.31. The van der Waals surface area contributed by atoms with Crippen LogP contribution in [-0.2, 0) is 72.3 Å². The van der Waals surface area contributed by atoms with Crippen LogP contribution < -0.4 is 59.1 Å². The summed E-state index contributed by atoms with van der Waals surface area (Å²) in [5, 5.41) is 67.9. The normalized spacial score (nSPS) is 29.0. The number of benzene rings is 7. The third-order valence-electron chi connectivity index (χ3n) is 23.8. The number of aliphatic hydroxyl groups is 7. The number of nitrogens with two attached hydrogens (primary N) is 7.